The molecule has 2 aliphatic carbocycles. The highest BCUT2D eigenvalue weighted by Gasteiger charge is 2.44. The molecule has 2 aromatic carbocycles. The molecule has 2 fully saturated rings. The molecule has 1 saturated heterocycles. The molecule has 2 bridgehead atoms. The lowest BCUT2D eigenvalue weighted by atomic mass is 9.68. The standard InChI is InChI=1S/C32H38ClN3O5S/c33-24-10-12-27-21(16-24)4-2-14-32(27)19-35-18-23-8-11-26(23)29(37)7-1-5-25-6-3-15-36(25)42(39,40)34-31(38)22-9-13-30(41-20-32)28(35)17-22/h1,7,9-10,12-13,16-17,23,25-26,29,37H,2-6,8,11,14-15,18-20H2,(H,34,38)/b7-1-/t23-,25-,26+,29-,32-/m0/s1. The highest BCUT2D eigenvalue weighted by atomic mass is 35.5. The number of hydrogen-bond donors (Lipinski definition) is 2. The van der Waals surface area contributed by atoms with Crippen LogP contribution in [0.15, 0.2) is 48.6 Å². The van der Waals surface area contributed by atoms with Gasteiger partial charge in [0.15, 0.2) is 0 Å². The summed E-state index contributed by atoms with van der Waals surface area (Å²) in [4.78, 5) is 15.7. The average molecular weight is 612 g/mol. The topological polar surface area (TPSA) is 99.2 Å². The minimum Gasteiger partial charge on any atom is -0.490 e. The minimum absolute atomic E-state index is 0.130. The summed E-state index contributed by atoms with van der Waals surface area (Å²) in [6.07, 6.45) is 10.1. The van der Waals surface area contributed by atoms with Crippen molar-refractivity contribution in [1.82, 2.24) is 9.03 Å². The third-order valence-electron chi connectivity index (χ3n) is 10.3. The first kappa shape index (κ1) is 28.2. The number of anilines is 1. The van der Waals surface area contributed by atoms with Crippen LogP contribution >= 0.6 is 11.6 Å². The Hall–Kier alpha value is -2.59. The van der Waals surface area contributed by atoms with Crippen LogP contribution in [0.2, 0.25) is 5.02 Å². The predicted octanol–water partition coefficient (Wildman–Crippen LogP) is 4.60. The third kappa shape index (κ3) is 5.02. The number of nitrogens with one attached hydrogen (secondary N) is 1. The number of nitrogens with zero attached hydrogens (tertiary/aromatic N) is 2. The number of rotatable bonds is 0. The van der Waals surface area contributed by atoms with Crippen LogP contribution in [0.3, 0.4) is 0 Å². The van der Waals surface area contributed by atoms with Crippen molar-refractivity contribution in [2.24, 2.45) is 11.8 Å². The second-order valence-electron chi connectivity index (χ2n) is 12.8. The number of halogens is 1. The maximum atomic E-state index is 13.4. The van der Waals surface area contributed by atoms with Gasteiger partial charge in [-0.15, -0.1) is 0 Å². The summed E-state index contributed by atoms with van der Waals surface area (Å²) < 4.78 is 36.9. The van der Waals surface area contributed by atoms with Gasteiger partial charge in [-0.3, -0.25) is 4.79 Å². The molecule has 1 saturated carbocycles. The van der Waals surface area contributed by atoms with Crippen LogP contribution in [0, 0.1) is 11.8 Å². The summed E-state index contributed by atoms with van der Waals surface area (Å²) in [5.74, 6) is 0.462. The van der Waals surface area contributed by atoms with Crippen molar-refractivity contribution in [1.29, 1.82) is 0 Å². The van der Waals surface area contributed by atoms with Gasteiger partial charge in [-0.1, -0.05) is 29.8 Å². The van der Waals surface area contributed by atoms with Crippen molar-refractivity contribution >= 4 is 33.4 Å². The molecular weight excluding hydrogens is 574 g/mol. The van der Waals surface area contributed by atoms with Crippen molar-refractivity contribution in [2.45, 2.75) is 68.9 Å². The van der Waals surface area contributed by atoms with Gasteiger partial charge in [-0.25, -0.2) is 4.72 Å². The molecule has 5 atom stereocenters. The molecular formula is C32H38ClN3O5S. The van der Waals surface area contributed by atoms with Gasteiger partial charge in [0.1, 0.15) is 5.75 Å². The Kier molecular flexibility index (Phi) is 7.28. The molecule has 2 aromatic rings. The van der Waals surface area contributed by atoms with E-state index in [-0.39, 0.29) is 28.9 Å². The lowest BCUT2D eigenvalue weighted by Crippen LogP contribution is -2.49. The fraction of sp³-hybridized carbons (Fsp3) is 0.531. The normalized spacial score (nSPS) is 33.3. The molecule has 1 amide bonds. The zero-order valence-electron chi connectivity index (χ0n) is 23.7. The van der Waals surface area contributed by atoms with E-state index in [9.17, 15) is 18.3 Å². The van der Waals surface area contributed by atoms with E-state index in [0.717, 1.165) is 62.2 Å². The molecule has 42 heavy (non-hydrogen) atoms. The fourth-order valence-electron chi connectivity index (χ4n) is 7.92. The molecule has 0 unspecified atom stereocenters. The van der Waals surface area contributed by atoms with E-state index < -0.39 is 22.2 Å². The minimum atomic E-state index is -4.03. The Morgan fingerprint density at radius 1 is 1.10 bits per heavy atom. The van der Waals surface area contributed by atoms with Gasteiger partial charge in [0.05, 0.1) is 18.4 Å². The summed E-state index contributed by atoms with van der Waals surface area (Å²) in [7, 11) is -4.03. The lowest BCUT2D eigenvalue weighted by molar-refractivity contribution is 0.0455. The van der Waals surface area contributed by atoms with E-state index in [1.54, 1.807) is 18.2 Å². The summed E-state index contributed by atoms with van der Waals surface area (Å²) in [6, 6.07) is 11.2. The number of aliphatic hydroxyl groups excluding tert-OH is 1. The molecule has 3 heterocycles. The first-order valence-electron chi connectivity index (χ1n) is 15.2. The van der Waals surface area contributed by atoms with Crippen molar-refractivity contribution in [3.63, 3.8) is 0 Å². The lowest BCUT2D eigenvalue weighted by Gasteiger charge is -2.45. The molecule has 5 aliphatic rings. The number of hydrogen-bond acceptors (Lipinski definition) is 6. The first-order valence-corrected chi connectivity index (χ1v) is 17.0. The molecule has 2 N–H and O–H groups in total. The zero-order chi connectivity index (χ0) is 29.1. The van der Waals surface area contributed by atoms with Crippen LogP contribution < -0.4 is 14.4 Å². The molecule has 224 valence electrons. The Morgan fingerprint density at radius 3 is 2.81 bits per heavy atom. The summed E-state index contributed by atoms with van der Waals surface area (Å²) >= 11 is 6.39. The van der Waals surface area contributed by atoms with Gasteiger partial charge in [0.2, 0.25) is 0 Å². The van der Waals surface area contributed by atoms with Crippen molar-refractivity contribution < 1.29 is 23.1 Å². The second kappa shape index (κ2) is 10.8. The van der Waals surface area contributed by atoms with Gasteiger partial charge in [0, 0.05) is 41.7 Å². The quantitative estimate of drug-likeness (QED) is 0.423. The van der Waals surface area contributed by atoms with E-state index in [1.807, 2.05) is 18.2 Å². The summed E-state index contributed by atoms with van der Waals surface area (Å²) in [5, 5.41) is 11.9. The molecule has 0 radical (unpaired) electrons. The number of benzene rings is 2. The number of aliphatic hydroxyl groups is 1. The fourth-order valence-corrected chi connectivity index (χ4v) is 9.54. The van der Waals surface area contributed by atoms with Crippen LogP contribution in [-0.4, -0.2) is 62.1 Å². The van der Waals surface area contributed by atoms with Crippen LogP contribution in [-0.2, 0) is 22.0 Å². The van der Waals surface area contributed by atoms with Crippen molar-refractivity contribution in [3.8, 4) is 5.75 Å². The van der Waals surface area contributed by atoms with Gasteiger partial charge in [0.25, 0.3) is 5.91 Å². The number of ether oxygens (including phenoxy) is 1. The predicted molar refractivity (Wildman–Crippen MR) is 162 cm³/mol. The number of fused-ring (bicyclic) bond motifs is 5. The van der Waals surface area contributed by atoms with Crippen LogP contribution in [0.1, 0.15) is 66.4 Å². The smallest absolute Gasteiger partial charge is 0.304 e. The molecule has 7 rings (SSSR count). The number of carbonyl (C=O) groups excluding carboxylic acids is 1. The third-order valence-corrected chi connectivity index (χ3v) is 12.0. The Bertz CT molecular complexity index is 1530. The molecule has 8 nitrogen and oxygen atoms in total. The van der Waals surface area contributed by atoms with Gasteiger partial charge < -0.3 is 14.7 Å². The zero-order valence-corrected chi connectivity index (χ0v) is 25.2. The van der Waals surface area contributed by atoms with E-state index in [0.29, 0.717) is 31.9 Å². The first-order chi connectivity index (χ1) is 20.2. The van der Waals surface area contributed by atoms with Gasteiger partial charge in [-0.2, -0.15) is 12.7 Å². The number of carbonyl (C=O) groups is 1. The maximum Gasteiger partial charge on any atom is 0.304 e. The maximum absolute atomic E-state index is 13.4. The SMILES string of the molecule is O=C1NS(=O)(=O)N2CCC[C@@H]2C/C=C\[C@H](O)[C@@H]2CC[C@H]2CN2C[C@@]3(CCCc4cc(Cl)ccc43)COc3ccc1cc32. The largest absolute Gasteiger partial charge is 0.490 e. The van der Waals surface area contributed by atoms with Crippen molar-refractivity contribution in [3.05, 3.63) is 70.3 Å². The van der Waals surface area contributed by atoms with Crippen molar-refractivity contribution in [2.75, 3.05) is 31.1 Å². The molecule has 0 aromatic heterocycles. The van der Waals surface area contributed by atoms with Gasteiger partial charge in [-0.05, 0) is 105 Å². The highest BCUT2D eigenvalue weighted by molar-refractivity contribution is 7.87. The molecule has 10 heteroatoms. The monoisotopic (exact) mass is 611 g/mol. The number of aryl methyl sites for hydroxylation is 1. The van der Waals surface area contributed by atoms with Crippen LogP contribution in [0.4, 0.5) is 5.69 Å². The van der Waals surface area contributed by atoms with E-state index in [1.165, 1.54) is 15.4 Å². The molecule has 1 spiro atoms. The Labute approximate surface area is 252 Å². The highest BCUT2D eigenvalue weighted by Crippen LogP contribution is 2.46. The summed E-state index contributed by atoms with van der Waals surface area (Å²) in [5.41, 5.74) is 3.33. The molecule has 3 aliphatic heterocycles. The summed E-state index contributed by atoms with van der Waals surface area (Å²) in [6.45, 7) is 2.29. The van der Waals surface area contributed by atoms with Crippen LogP contribution in [0.5, 0.6) is 5.75 Å². The van der Waals surface area contributed by atoms with E-state index in [4.69, 9.17) is 16.3 Å². The van der Waals surface area contributed by atoms with E-state index in [2.05, 4.69) is 21.8 Å². The number of amides is 1. The van der Waals surface area contributed by atoms with Crippen LogP contribution in [0.25, 0.3) is 0 Å². The second-order valence-corrected chi connectivity index (χ2v) is 14.8. The average Bonchev–Trinajstić information content (AvgIpc) is 3.37. The Morgan fingerprint density at radius 2 is 1.98 bits per heavy atom. The van der Waals surface area contributed by atoms with Gasteiger partial charge >= 0.3 is 10.2 Å². The Balaban J connectivity index is 1.29. The van der Waals surface area contributed by atoms with E-state index >= 15 is 0 Å².